The zero-order chi connectivity index (χ0) is 48.7. The monoisotopic (exact) mass is 935 g/mol. The second kappa shape index (κ2) is 38.7. The highest BCUT2D eigenvalue weighted by Gasteiger charge is 2.24. The van der Waals surface area contributed by atoms with Crippen molar-refractivity contribution in [2.45, 2.75) is 259 Å². The average Bonchev–Trinajstić information content (AvgIpc) is 3.29. The minimum Gasteiger partial charge on any atom is -0.426 e. The van der Waals surface area contributed by atoms with Gasteiger partial charge in [0.25, 0.3) is 0 Å². The molecule has 0 aliphatic carbocycles. The molecule has 10 heteroatoms. The van der Waals surface area contributed by atoms with E-state index in [1.807, 2.05) is 0 Å². The Morgan fingerprint density at radius 3 is 0.776 bits per heavy atom. The van der Waals surface area contributed by atoms with E-state index in [1.165, 1.54) is 18.2 Å². The minimum atomic E-state index is -0.497. The molecule has 0 spiro atoms. The van der Waals surface area contributed by atoms with Crippen molar-refractivity contribution in [3.8, 4) is 39.9 Å². The maximum absolute atomic E-state index is 13.7. The summed E-state index contributed by atoms with van der Waals surface area (Å²) in [6.45, 7) is 10.8. The molecule has 67 heavy (non-hydrogen) atoms. The molecule has 0 amide bonds. The number of rotatable bonds is 41. The molecule has 0 fully saturated rings. The normalized spacial score (nSPS) is 11.1. The van der Waals surface area contributed by atoms with Gasteiger partial charge in [-0.1, -0.05) is 195 Å². The van der Waals surface area contributed by atoms with E-state index < -0.39 is 29.8 Å². The number of carbonyl (C=O) groups excluding carboxylic acids is 5. The third-order valence-electron chi connectivity index (χ3n) is 12.0. The van der Waals surface area contributed by atoms with E-state index in [4.69, 9.17) is 23.7 Å². The summed E-state index contributed by atoms with van der Waals surface area (Å²) in [6.07, 6.45) is 30.8. The van der Waals surface area contributed by atoms with Crippen LogP contribution in [0.3, 0.4) is 0 Å². The summed E-state index contributed by atoms with van der Waals surface area (Å²) in [4.78, 5) is 67.2. The van der Waals surface area contributed by atoms with Crippen LogP contribution in [0.25, 0.3) is 11.1 Å². The van der Waals surface area contributed by atoms with Gasteiger partial charge in [0, 0.05) is 50.3 Å². The molecule has 0 radical (unpaired) electrons. The van der Waals surface area contributed by atoms with E-state index in [1.54, 1.807) is 12.1 Å². The summed E-state index contributed by atoms with van der Waals surface area (Å²) in [5, 5.41) is 0. The fraction of sp³-hybridized carbons (Fsp3) is 0.702. The molecule has 378 valence electrons. The van der Waals surface area contributed by atoms with Crippen molar-refractivity contribution in [1.82, 2.24) is 0 Å². The van der Waals surface area contributed by atoms with Gasteiger partial charge in [0.05, 0.1) is 5.56 Å². The molecule has 0 aromatic heterocycles. The Kier molecular flexibility index (Phi) is 34.1. The predicted octanol–water partition coefficient (Wildman–Crippen LogP) is 16.6. The Morgan fingerprint density at radius 2 is 0.507 bits per heavy atom. The highest BCUT2D eigenvalue weighted by Crippen LogP contribution is 2.45. The number of esters is 5. The van der Waals surface area contributed by atoms with Crippen molar-refractivity contribution < 1.29 is 47.7 Å². The smallest absolute Gasteiger partial charge is 0.311 e. The van der Waals surface area contributed by atoms with Crippen LogP contribution in [0.5, 0.6) is 28.7 Å². The highest BCUT2D eigenvalue weighted by atomic mass is 16.6. The molecule has 0 saturated carbocycles. The van der Waals surface area contributed by atoms with Gasteiger partial charge in [0.1, 0.15) is 28.7 Å². The molecule has 0 N–H and O–H groups in total. The van der Waals surface area contributed by atoms with E-state index >= 15 is 0 Å². The molecule has 0 bridgehead atoms. The van der Waals surface area contributed by atoms with E-state index in [0.29, 0.717) is 37.7 Å². The molecular formula is C57H90O10. The predicted molar refractivity (Wildman–Crippen MR) is 270 cm³/mol. The molecule has 0 unspecified atom stereocenters. The van der Waals surface area contributed by atoms with E-state index in [9.17, 15) is 24.0 Å². The largest absolute Gasteiger partial charge is 0.426 e. The first-order chi connectivity index (χ1) is 32.6. The fourth-order valence-electron chi connectivity index (χ4n) is 8.05. The van der Waals surface area contributed by atoms with Gasteiger partial charge in [0.15, 0.2) is 0 Å². The molecule has 10 nitrogen and oxygen atoms in total. The number of benzene rings is 2. The Balaban J connectivity index is 2.66. The van der Waals surface area contributed by atoms with Crippen LogP contribution in [0.15, 0.2) is 30.3 Å². The lowest BCUT2D eigenvalue weighted by Crippen LogP contribution is -2.13. The zero-order valence-electron chi connectivity index (χ0n) is 42.7. The number of unbranched alkanes of at least 4 members (excludes halogenated alkanes) is 25. The quantitative estimate of drug-likeness (QED) is 0.0361. The minimum absolute atomic E-state index is 0.00289. The Hall–Kier alpha value is -4.21. The van der Waals surface area contributed by atoms with Crippen molar-refractivity contribution >= 4 is 29.8 Å². The van der Waals surface area contributed by atoms with Crippen molar-refractivity contribution in [3.63, 3.8) is 0 Å². The Bertz CT molecular complexity index is 1580. The number of ether oxygens (including phenoxy) is 5. The summed E-state index contributed by atoms with van der Waals surface area (Å²) in [7, 11) is 0. The lowest BCUT2D eigenvalue weighted by molar-refractivity contribution is -0.136. The van der Waals surface area contributed by atoms with Gasteiger partial charge < -0.3 is 23.7 Å². The van der Waals surface area contributed by atoms with Crippen LogP contribution in [0.1, 0.15) is 259 Å². The first kappa shape index (κ1) is 58.9. The molecule has 2 aromatic carbocycles. The van der Waals surface area contributed by atoms with Crippen LogP contribution < -0.4 is 23.7 Å². The summed E-state index contributed by atoms with van der Waals surface area (Å²) in [5.74, 6) is -1.98. The van der Waals surface area contributed by atoms with Crippen molar-refractivity contribution in [3.05, 3.63) is 30.3 Å². The number of hydrogen-bond acceptors (Lipinski definition) is 10. The molecule has 0 aliphatic heterocycles. The Morgan fingerprint density at radius 1 is 0.284 bits per heavy atom. The molecule has 0 heterocycles. The SMILES string of the molecule is CCCCCCCCC(=O)Oc1cc(OC(=O)CCCCCCCC)cc(-c2c(OC(=O)CCCCCCCC)cc(OC(=O)CCCCCCCC)cc2OC(=O)CCCCCCCC)c1. The van der Waals surface area contributed by atoms with Gasteiger partial charge >= 0.3 is 29.8 Å². The molecule has 2 aromatic rings. The average molecular weight is 935 g/mol. The molecule has 0 atom stereocenters. The molecular weight excluding hydrogens is 845 g/mol. The second-order valence-corrected chi connectivity index (χ2v) is 18.4. The van der Waals surface area contributed by atoms with Crippen molar-refractivity contribution in [2.75, 3.05) is 0 Å². The van der Waals surface area contributed by atoms with Crippen LogP contribution in [0, 0.1) is 0 Å². The van der Waals surface area contributed by atoms with Crippen LogP contribution in [-0.2, 0) is 24.0 Å². The van der Waals surface area contributed by atoms with Crippen LogP contribution in [-0.4, -0.2) is 29.8 Å². The molecule has 2 rings (SSSR count). The van der Waals surface area contributed by atoms with Gasteiger partial charge in [-0.25, -0.2) is 0 Å². The molecule has 0 saturated heterocycles. The first-order valence-electron chi connectivity index (χ1n) is 27.0. The van der Waals surface area contributed by atoms with Gasteiger partial charge in [0.2, 0.25) is 0 Å². The maximum Gasteiger partial charge on any atom is 0.311 e. The highest BCUT2D eigenvalue weighted by molar-refractivity contribution is 5.87. The van der Waals surface area contributed by atoms with Crippen molar-refractivity contribution in [2.24, 2.45) is 0 Å². The number of carbonyl (C=O) groups is 5. The third-order valence-corrected chi connectivity index (χ3v) is 12.0. The van der Waals surface area contributed by atoms with E-state index in [0.717, 1.165) is 161 Å². The standard InChI is InChI=1S/C57H90O10/c1-6-11-16-21-26-31-36-52(58)63-47-41-46(42-48(43-47)64-53(59)37-32-27-22-17-12-7-2)57-50(66-55(61)39-34-29-24-19-14-9-4)44-49(65-54(60)38-33-28-23-18-13-8-3)45-51(57)67-56(62)40-35-30-25-20-15-10-5/h41-45H,6-40H2,1-5H3. The lowest BCUT2D eigenvalue weighted by Gasteiger charge is -2.18. The van der Waals surface area contributed by atoms with Gasteiger partial charge in [-0.15, -0.1) is 0 Å². The summed E-state index contributed by atoms with van der Waals surface area (Å²) in [6, 6.07) is 7.65. The fourth-order valence-corrected chi connectivity index (χ4v) is 8.05. The van der Waals surface area contributed by atoms with E-state index in [2.05, 4.69) is 34.6 Å². The first-order valence-corrected chi connectivity index (χ1v) is 27.0. The zero-order valence-corrected chi connectivity index (χ0v) is 42.7. The second-order valence-electron chi connectivity index (χ2n) is 18.4. The summed E-state index contributed by atoms with van der Waals surface area (Å²) >= 11 is 0. The van der Waals surface area contributed by atoms with Gasteiger partial charge in [-0.3, -0.25) is 24.0 Å². The van der Waals surface area contributed by atoms with Gasteiger partial charge in [-0.05, 0) is 49.8 Å². The van der Waals surface area contributed by atoms with Crippen LogP contribution in [0.4, 0.5) is 0 Å². The molecule has 0 aliphatic rings. The van der Waals surface area contributed by atoms with Crippen LogP contribution >= 0.6 is 0 Å². The summed E-state index contributed by atoms with van der Waals surface area (Å²) < 4.78 is 30.0. The Labute approximate surface area is 405 Å². The summed E-state index contributed by atoms with van der Waals surface area (Å²) in [5.41, 5.74) is 0.521. The van der Waals surface area contributed by atoms with E-state index in [-0.39, 0.29) is 66.4 Å². The van der Waals surface area contributed by atoms with Crippen LogP contribution in [0.2, 0.25) is 0 Å². The lowest BCUT2D eigenvalue weighted by atomic mass is 10.0. The topological polar surface area (TPSA) is 132 Å². The van der Waals surface area contributed by atoms with Gasteiger partial charge in [-0.2, -0.15) is 0 Å². The maximum atomic E-state index is 13.7. The number of hydrogen-bond donors (Lipinski definition) is 0. The van der Waals surface area contributed by atoms with Crippen molar-refractivity contribution in [1.29, 1.82) is 0 Å². The third kappa shape index (κ3) is 28.7.